The molecule has 3 aromatic rings. The van der Waals surface area contributed by atoms with E-state index in [1.165, 1.54) is 10.9 Å². The van der Waals surface area contributed by atoms with Crippen molar-refractivity contribution in [3.63, 3.8) is 0 Å². The number of imidazole rings is 1. The Morgan fingerprint density at radius 1 is 1.50 bits per heavy atom. The molecule has 0 saturated carbocycles. The largest absolute Gasteiger partial charge is 0.369 e. The molecule has 0 unspecified atom stereocenters. The van der Waals surface area contributed by atoms with Crippen molar-refractivity contribution in [2.24, 2.45) is 7.05 Å². The van der Waals surface area contributed by atoms with Crippen molar-refractivity contribution in [3.8, 4) is 0 Å². The van der Waals surface area contributed by atoms with E-state index >= 15 is 0 Å². The number of nitrogen functional groups attached to an aromatic ring is 1. The SMILES string of the molecule is Cn1cccc1CNC(=O)Cn1cnc2c(=O)[nH]c(N)nc21. The van der Waals surface area contributed by atoms with Crippen LogP contribution in [0.5, 0.6) is 0 Å². The second kappa shape index (κ2) is 5.35. The second-order valence-electron chi connectivity index (χ2n) is 4.88. The number of hydrogen-bond donors (Lipinski definition) is 3. The summed E-state index contributed by atoms with van der Waals surface area (Å²) in [5, 5.41) is 2.80. The molecule has 0 aromatic carbocycles. The molecule has 3 aromatic heterocycles. The van der Waals surface area contributed by atoms with E-state index in [1.807, 2.05) is 29.9 Å². The smallest absolute Gasteiger partial charge is 0.280 e. The van der Waals surface area contributed by atoms with Gasteiger partial charge in [-0.05, 0) is 12.1 Å². The van der Waals surface area contributed by atoms with Gasteiger partial charge in [0.2, 0.25) is 11.9 Å². The Morgan fingerprint density at radius 3 is 3.05 bits per heavy atom. The van der Waals surface area contributed by atoms with Crippen molar-refractivity contribution in [1.82, 2.24) is 29.4 Å². The number of nitrogens with one attached hydrogen (secondary N) is 2. The maximum absolute atomic E-state index is 12.0. The normalized spacial score (nSPS) is 11.0. The minimum Gasteiger partial charge on any atom is -0.369 e. The van der Waals surface area contributed by atoms with Crippen LogP contribution in [0.4, 0.5) is 5.95 Å². The summed E-state index contributed by atoms with van der Waals surface area (Å²) in [5.41, 5.74) is 6.52. The first-order valence-corrected chi connectivity index (χ1v) is 6.62. The third kappa shape index (κ3) is 2.55. The first-order chi connectivity index (χ1) is 10.5. The number of fused-ring (bicyclic) bond motifs is 1. The van der Waals surface area contributed by atoms with Gasteiger partial charge in [0, 0.05) is 18.9 Å². The standard InChI is InChI=1S/C13H15N7O2/c1-19-4-2-3-8(19)5-15-9(21)6-20-7-16-10-11(20)17-13(14)18-12(10)22/h2-4,7H,5-6H2,1H3,(H,15,21)(H3,14,17,18,22). The molecule has 0 saturated heterocycles. The van der Waals surface area contributed by atoms with Gasteiger partial charge in [-0.25, -0.2) is 4.98 Å². The van der Waals surface area contributed by atoms with Crippen molar-refractivity contribution in [1.29, 1.82) is 0 Å². The highest BCUT2D eigenvalue weighted by molar-refractivity contribution is 5.78. The number of hydrogen-bond acceptors (Lipinski definition) is 5. The van der Waals surface area contributed by atoms with Crippen molar-refractivity contribution in [2.75, 3.05) is 5.73 Å². The third-order valence-electron chi connectivity index (χ3n) is 3.33. The number of anilines is 1. The first kappa shape index (κ1) is 13.9. The summed E-state index contributed by atoms with van der Waals surface area (Å²) in [6.45, 7) is 0.432. The lowest BCUT2D eigenvalue weighted by molar-refractivity contribution is -0.121. The molecule has 114 valence electrons. The maximum Gasteiger partial charge on any atom is 0.280 e. The Kier molecular flexibility index (Phi) is 3.37. The number of aromatic amines is 1. The summed E-state index contributed by atoms with van der Waals surface area (Å²) >= 11 is 0. The molecule has 9 nitrogen and oxygen atoms in total. The molecular weight excluding hydrogens is 286 g/mol. The lowest BCUT2D eigenvalue weighted by Crippen LogP contribution is -2.27. The summed E-state index contributed by atoms with van der Waals surface area (Å²) in [5.74, 6) is -0.218. The number of aromatic nitrogens is 5. The van der Waals surface area contributed by atoms with Gasteiger partial charge in [0.1, 0.15) is 6.54 Å². The summed E-state index contributed by atoms with van der Waals surface area (Å²) in [4.78, 5) is 34.0. The average molecular weight is 301 g/mol. The van der Waals surface area contributed by atoms with Crippen molar-refractivity contribution in [3.05, 3.63) is 40.7 Å². The highest BCUT2D eigenvalue weighted by Crippen LogP contribution is 2.06. The van der Waals surface area contributed by atoms with Crippen LogP contribution in [0.1, 0.15) is 5.69 Å². The molecule has 0 radical (unpaired) electrons. The minimum absolute atomic E-state index is 0.0107. The molecule has 4 N–H and O–H groups in total. The summed E-state index contributed by atoms with van der Waals surface area (Å²) < 4.78 is 3.41. The fourth-order valence-electron chi connectivity index (χ4n) is 2.17. The summed E-state index contributed by atoms with van der Waals surface area (Å²) in [6.07, 6.45) is 3.30. The molecule has 22 heavy (non-hydrogen) atoms. The number of H-pyrrole nitrogens is 1. The van der Waals surface area contributed by atoms with E-state index in [0.717, 1.165) is 5.69 Å². The fourth-order valence-corrected chi connectivity index (χ4v) is 2.17. The van der Waals surface area contributed by atoms with Gasteiger partial charge >= 0.3 is 0 Å². The minimum atomic E-state index is -0.425. The van der Waals surface area contributed by atoms with Gasteiger partial charge in [-0.2, -0.15) is 4.98 Å². The van der Waals surface area contributed by atoms with Gasteiger partial charge in [0.15, 0.2) is 11.2 Å². The maximum atomic E-state index is 12.0. The Labute approximate surface area is 124 Å². The van der Waals surface area contributed by atoms with Gasteiger partial charge in [0.25, 0.3) is 5.56 Å². The highest BCUT2D eigenvalue weighted by Gasteiger charge is 2.12. The molecule has 3 heterocycles. The van der Waals surface area contributed by atoms with Crippen molar-refractivity contribution >= 4 is 23.0 Å². The summed E-state index contributed by atoms with van der Waals surface area (Å²) in [6, 6.07) is 3.83. The van der Waals surface area contributed by atoms with Crippen LogP contribution in [0, 0.1) is 0 Å². The van der Waals surface area contributed by atoms with Crippen LogP contribution < -0.4 is 16.6 Å². The first-order valence-electron chi connectivity index (χ1n) is 6.62. The number of carbonyl (C=O) groups excluding carboxylic acids is 1. The van der Waals surface area contributed by atoms with Crippen molar-refractivity contribution < 1.29 is 4.79 Å². The molecule has 9 heteroatoms. The topological polar surface area (TPSA) is 124 Å². The second-order valence-corrected chi connectivity index (χ2v) is 4.88. The zero-order chi connectivity index (χ0) is 15.7. The van der Waals surface area contributed by atoms with Crippen molar-refractivity contribution in [2.45, 2.75) is 13.1 Å². The van der Waals surface area contributed by atoms with Gasteiger partial charge in [0.05, 0.1) is 12.9 Å². The van der Waals surface area contributed by atoms with Crippen LogP contribution in [0.15, 0.2) is 29.5 Å². The van der Waals surface area contributed by atoms with Gasteiger partial charge in [-0.3, -0.25) is 14.6 Å². The monoisotopic (exact) mass is 301 g/mol. The van der Waals surface area contributed by atoms with E-state index in [-0.39, 0.29) is 29.6 Å². The van der Waals surface area contributed by atoms with E-state index in [4.69, 9.17) is 5.73 Å². The summed E-state index contributed by atoms with van der Waals surface area (Å²) in [7, 11) is 1.91. The van der Waals surface area contributed by atoms with Crippen LogP contribution in [-0.2, 0) is 24.9 Å². The molecule has 0 spiro atoms. The van der Waals surface area contributed by atoms with E-state index in [2.05, 4.69) is 20.3 Å². The molecule has 0 atom stereocenters. The van der Waals surface area contributed by atoms with Gasteiger partial charge in [-0.15, -0.1) is 0 Å². The number of amides is 1. The molecule has 0 fully saturated rings. The molecule has 0 bridgehead atoms. The quantitative estimate of drug-likeness (QED) is 0.591. The zero-order valence-corrected chi connectivity index (χ0v) is 11.9. The number of carbonyl (C=O) groups is 1. The van der Waals surface area contributed by atoms with Crippen LogP contribution >= 0.6 is 0 Å². The van der Waals surface area contributed by atoms with E-state index in [1.54, 1.807) is 0 Å². The molecule has 0 aliphatic rings. The van der Waals surface area contributed by atoms with E-state index < -0.39 is 5.56 Å². The van der Waals surface area contributed by atoms with Gasteiger partial charge < -0.3 is 20.2 Å². The molecule has 1 amide bonds. The fraction of sp³-hybridized carbons (Fsp3) is 0.231. The molecule has 3 rings (SSSR count). The molecular formula is C13H15N7O2. The van der Waals surface area contributed by atoms with Crippen LogP contribution in [0.25, 0.3) is 11.2 Å². The van der Waals surface area contributed by atoms with Crippen LogP contribution in [-0.4, -0.2) is 30.0 Å². The number of nitrogens with zero attached hydrogens (tertiary/aromatic N) is 4. The number of aryl methyl sites for hydroxylation is 1. The van der Waals surface area contributed by atoms with Crippen LogP contribution in [0.3, 0.4) is 0 Å². The van der Waals surface area contributed by atoms with Gasteiger partial charge in [-0.1, -0.05) is 0 Å². The Morgan fingerprint density at radius 2 is 2.32 bits per heavy atom. The number of nitrogens with two attached hydrogens (primary N) is 1. The predicted molar refractivity (Wildman–Crippen MR) is 79.8 cm³/mol. The highest BCUT2D eigenvalue weighted by atomic mass is 16.2. The lowest BCUT2D eigenvalue weighted by Gasteiger charge is -2.07. The Bertz CT molecular complexity index is 889. The zero-order valence-electron chi connectivity index (χ0n) is 11.9. The predicted octanol–water partition coefficient (Wildman–Crippen LogP) is -0.643. The third-order valence-corrected chi connectivity index (χ3v) is 3.33. The Balaban J connectivity index is 1.74. The lowest BCUT2D eigenvalue weighted by atomic mass is 10.4. The van der Waals surface area contributed by atoms with E-state index in [0.29, 0.717) is 6.54 Å². The van der Waals surface area contributed by atoms with Crippen LogP contribution in [0.2, 0.25) is 0 Å². The molecule has 0 aliphatic heterocycles. The Hall–Kier alpha value is -3.10. The molecule has 0 aliphatic carbocycles. The van der Waals surface area contributed by atoms with E-state index in [9.17, 15) is 9.59 Å². The average Bonchev–Trinajstić information content (AvgIpc) is 3.04. The number of rotatable bonds is 4.